The Bertz CT molecular complexity index is 1170. The molecule has 2 aromatic heterocycles. The second kappa shape index (κ2) is 8.77. The van der Waals surface area contributed by atoms with Crippen LogP contribution in [0.15, 0.2) is 72.1 Å². The fourth-order valence-electron chi connectivity index (χ4n) is 3.15. The van der Waals surface area contributed by atoms with Gasteiger partial charge in [-0.15, -0.1) is 10.2 Å². The number of carbonyl (C=O) groups is 1. The van der Waals surface area contributed by atoms with Crippen molar-refractivity contribution in [1.29, 1.82) is 0 Å². The standard InChI is InChI=1S/C22H20ClN5OS/c1-15-8-7-9-16(2)20(15)24-19(29)14-30-22-26-25-21(17-10-3-4-11-18(17)23)28(22)27-12-5-6-13-27/h3-13H,14H2,1-2H3,(H,24,29). The van der Waals surface area contributed by atoms with Gasteiger partial charge in [0, 0.05) is 23.6 Å². The normalized spacial score (nSPS) is 10.9. The molecule has 0 fully saturated rings. The third-order valence-corrected chi connectivity index (χ3v) is 5.87. The Morgan fingerprint density at radius 3 is 2.40 bits per heavy atom. The van der Waals surface area contributed by atoms with E-state index in [1.165, 1.54) is 11.8 Å². The maximum atomic E-state index is 12.6. The zero-order chi connectivity index (χ0) is 21.1. The maximum absolute atomic E-state index is 12.6. The number of rotatable bonds is 6. The first-order valence-electron chi connectivity index (χ1n) is 9.37. The lowest BCUT2D eigenvalue weighted by atomic mass is 10.1. The molecule has 152 valence electrons. The number of thioether (sulfide) groups is 1. The Balaban J connectivity index is 1.59. The summed E-state index contributed by atoms with van der Waals surface area (Å²) in [6.45, 7) is 3.96. The Labute approximate surface area is 183 Å². The van der Waals surface area contributed by atoms with Gasteiger partial charge in [-0.3, -0.25) is 9.47 Å². The highest BCUT2D eigenvalue weighted by Gasteiger charge is 2.19. The highest BCUT2D eigenvalue weighted by atomic mass is 35.5. The van der Waals surface area contributed by atoms with Crippen LogP contribution in [0.1, 0.15) is 11.1 Å². The minimum Gasteiger partial charge on any atom is -0.325 e. The number of para-hydroxylation sites is 1. The predicted octanol–water partition coefficient (Wildman–Crippen LogP) is 5.06. The van der Waals surface area contributed by atoms with E-state index in [0.29, 0.717) is 16.0 Å². The lowest BCUT2D eigenvalue weighted by Crippen LogP contribution is -2.17. The monoisotopic (exact) mass is 437 g/mol. The van der Waals surface area contributed by atoms with Crippen molar-refractivity contribution in [3.05, 3.63) is 83.1 Å². The summed E-state index contributed by atoms with van der Waals surface area (Å²) in [5.74, 6) is 0.712. The molecule has 0 atom stereocenters. The van der Waals surface area contributed by atoms with E-state index in [9.17, 15) is 4.79 Å². The number of aromatic nitrogens is 4. The smallest absolute Gasteiger partial charge is 0.234 e. The average molecular weight is 438 g/mol. The van der Waals surface area contributed by atoms with E-state index in [4.69, 9.17) is 11.6 Å². The van der Waals surface area contributed by atoms with Gasteiger partial charge in [0.15, 0.2) is 5.82 Å². The Morgan fingerprint density at radius 1 is 1.00 bits per heavy atom. The van der Waals surface area contributed by atoms with Gasteiger partial charge in [0.25, 0.3) is 0 Å². The Hall–Kier alpha value is -3.03. The molecule has 30 heavy (non-hydrogen) atoms. The van der Waals surface area contributed by atoms with E-state index in [2.05, 4.69) is 15.5 Å². The van der Waals surface area contributed by atoms with E-state index >= 15 is 0 Å². The molecule has 2 aromatic carbocycles. The van der Waals surface area contributed by atoms with Gasteiger partial charge in [-0.25, -0.2) is 4.68 Å². The molecular weight excluding hydrogens is 418 g/mol. The average Bonchev–Trinajstić information content (AvgIpc) is 3.39. The van der Waals surface area contributed by atoms with Gasteiger partial charge < -0.3 is 5.32 Å². The maximum Gasteiger partial charge on any atom is 0.234 e. The molecule has 4 rings (SSSR count). The zero-order valence-corrected chi connectivity index (χ0v) is 18.1. The van der Waals surface area contributed by atoms with Gasteiger partial charge in [-0.05, 0) is 49.2 Å². The van der Waals surface area contributed by atoms with Crippen LogP contribution in [0.4, 0.5) is 5.69 Å². The van der Waals surface area contributed by atoms with Gasteiger partial charge in [0.1, 0.15) is 0 Å². The topological polar surface area (TPSA) is 64.7 Å². The van der Waals surface area contributed by atoms with Crippen molar-refractivity contribution in [2.45, 2.75) is 19.0 Å². The minimum absolute atomic E-state index is 0.0984. The number of carbonyl (C=O) groups excluding carboxylic acids is 1. The molecule has 0 unspecified atom stereocenters. The van der Waals surface area contributed by atoms with Gasteiger partial charge >= 0.3 is 0 Å². The first-order valence-corrected chi connectivity index (χ1v) is 10.7. The summed E-state index contributed by atoms with van der Waals surface area (Å²) in [5, 5.41) is 12.9. The molecule has 0 bridgehead atoms. The number of hydrogen-bond donors (Lipinski definition) is 1. The van der Waals surface area contributed by atoms with Crippen molar-refractivity contribution in [3.8, 4) is 11.4 Å². The van der Waals surface area contributed by atoms with Crippen LogP contribution < -0.4 is 5.32 Å². The van der Waals surface area contributed by atoms with Gasteiger partial charge in [0.05, 0.1) is 10.8 Å². The van der Waals surface area contributed by atoms with Gasteiger partial charge in [-0.2, -0.15) is 0 Å². The molecule has 1 N–H and O–H groups in total. The summed E-state index contributed by atoms with van der Waals surface area (Å²) < 4.78 is 3.71. The van der Waals surface area contributed by atoms with Crippen molar-refractivity contribution in [3.63, 3.8) is 0 Å². The van der Waals surface area contributed by atoms with Crippen LogP contribution in [0.5, 0.6) is 0 Å². The van der Waals surface area contributed by atoms with Crippen LogP contribution in [-0.4, -0.2) is 31.2 Å². The number of nitrogens with zero attached hydrogens (tertiary/aromatic N) is 4. The van der Waals surface area contributed by atoms with Gasteiger partial charge in [-0.1, -0.05) is 53.7 Å². The number of amides is 1. The van der Waals surface area contributed by atoms with E-state index < -0.39 is 0 Å². The number of anilines is 1. The molecule has 0 saturated carbocycles. The van der Waals surface area contributed by atoms with Crippen molar-refractivity contribution < 1.29 is 4.79 Å². The molecule has 4 aromatic rings. The second-order valence-electron chi connectivity index (χ2n) is 6.76. The van der Waals surface area contributed by atoms with Crippen LogP contribution in [0.2, 0.25) is 5.02 Å². The van der Waals surface area contributed by atoms with Crippen LogP contribution in [0, 0.1) is 13.8 Å². The molecule has 8 heteroatoms. The van der Waals surface area contributed by atoms with E-state index in [0.717, 1.165) is 22.4 Å². The highest BCUT2D eigenvalue weighted by Crippen LogP contribution is 2.29. The number of hydrogen-bond acceptors (Lipinski definition) is 4. The molecule has 0 spiro atoms. The Kier molecular flexibility index (Phi) is 5.92. The van der Waals surface area contributed by atoms with Crippen molar-refractivity contribution >= 4 is 35.0 Å². The third-order valence-electron chi connectivity index (χ3n) is 4.62. The largest absolute Gasteiger partial charge is 0.325 e. The van der Waals surface area contributed by atoms with Crippen LogP contribution >= 0.6 is 23.4 Å². The summed E-state index contributed by atoms with van der Waals surface area (Å²) in [4.78, 5) is 12.6. The summed E-state index contributed by atoms with van der Waals surface area (Å²) in [5.41, 5.74) is 3.69. The van der Waals surface area contributed by atoms with E-state index in [-0.39, 0.29) is 11.7 Å². The molecule has 0 radical (unpaired) electrons. The summed E-state index contributed by atoms with van der Waals surface area (Å²) in [7, 11) is 0. The Morgan fingerprint density at radius 2 is 1.70 bits per heavy atom. The second-order valence-corrected chi connectivity index (χ2v) is 8.11. The minimum atomic E-state index is -0.0984. The van der Waals surface area contributed by atoms with E-state index in [1.54, 1.807) is 0 Å². The summed E-state index contributed by atoms with van der Waals surface area (Å²) in [6, 6.07) is 17.3. The highest BCUT2D eigenvalue weighted by molar-refractivity contribution is 7.99. The van der Waals surface area contributed by atoms with E-state index in [1.807, 2.05) is 90.2 Å². The number of benzene rings is 2. The quantitative estimate of drug-likeness (QED) is 0.428. The SMILES string of the molecule is Cc1cccc(C)c1NC(=O)CSc1nnc(-c2ccccc2Cl)n1-n1cccc1. The molecule has 0 saturated heterocycles. The fourth-order valence-corrected chi connectivity index (χ4v) is 4.10. The zero-order valence-electron chi connectivity index (χ0n) is 16.5. The lowest BCUT2D eigenvalue weighted by molar-refractivity contribution is -0.113. The predicted molar refractivity (Wildman–Crippen MR) is 121 cm³/mol. The number of nitrogens with one attached hydrogen (secondary N) is 1. The molecule has 0 aliphatic carbocycles. The molecule has 0 aliphatic rings. The molecule has 2 heterocycles. The van der Waals surface area contributed by atoms with Crippen LogP contribution in [0.3, 0.4) is 0 Å². The van der Waals surface area contributed by atoms with Crippen LogP contribution in [0.25, 0.3) is 11.4 Å². The first-order chi connectivity index (χ1) is 14.5. The molecule has 1 amide bonds. The molecule has 6 nitrogen and oxygen atoms in total. The number of halogens is 1. The first kappa shape index (κ1) is 20.3. The third kappa shape index (κ3) is 4.13. The van der Waals surface area contributed by atoms with Crippen LogP contribution in [-0.2, 0) is 4.79 Å². The molecule has 0 aliphatic heterocycles. The molecular formula is C22H20ClN5OS. The summed E-state index contributed by atoms with van der Waals surface area (Å²) in [6.07, 6.45) is 3.79. The van der Waals surface area contributed by atoms with Crippen molar-refractivity contribution in [1.82, 2.24) is 19.5 Å². The summed E-state index contributed by atoms with van der Waals surface area (Å²) >= 11 is 7.71. The van der Waals surface area contributed by atoms with Crippen molar-refractivity contribution in [2.24, 2.45) is 0 Å². The van der Waals surface area contributed by atoms with Crippen molar-refractivity contribution in [2.75, 3.05) is 11.1 Å². The fraction of sp³-hybridized carbons (Fsp3) is 0.136. The lowest BCUT2D eigenvalue weighted by Gasteiger charge is -2.13. The van der Waals surface area contributed by atoms with Gasteiger partial charge in [0.2, 0.25) is 11.1 Å². The number of aryl methyl sites for hydroxylation is 2.